The van der Waals surface area contributed by atoms with Gasteiger partial charge >= 0.3 is 11.9 Å². The van der Waals surface area contributed by atoms with Crippen LogP contribution in [0.3, 0.4) is 0 Å². The van der Waals surface area contributed by atoms with E-state index in [-0.39, 0.29) is 0 Å². The molecule has 0 aliphatic heterocycles. The molecule has 10 N–H and O–H groups in total. The molecule has 0 aromatic heterocycles. The van der Waals surface area contributed by atoms with E-state index >= 15 is 0 Å². The number of hydrogen-bond acceptors (Lipinski definition) is 8. The van der Waals surface area contributed by atoms with Gasteiger partial charge < -0.3 is 42.7 Å². The lowest BCUT2D eigenvalue weighted by Gasteiger charge is -2.23. The van der Waals surface area contributed by atoms with E-state index in [1.807, 2.05) is 10.6 Å². The maximum absolute atomic E-state index is 12.3. The maximum Gasteiger partial charge on any atom is 0.322 e. The Hall–Kier alpha value is -3.26. The van der Waals surface area contributed by atoms with Gasteiger partial charge in [0.2, 0.25) is 23.6 Å². The van der Waals surface area contributed by atoms with Crippen molar-refractivity contribution in [3.63, 3.8) is 0 Å². The second-order valence-electron chi connectivity index (χ2n) is 5.77. The highest BCUT2D eigenvalue weighted by molar-refractivity contribution is 5.97. The van der Waals surface area contributed by atoms with Gasteiger partial charge in [0.1, 0.15) is 24.7 Å². The molecular formula is C14H23N5O9. The van der Waals surface area contributed by atoms with Gasteiger partial charge in [0.15, 0.2) is 0 Å². The molecule has 14 nitrogen and oxygen atoms in total. The van der Waals surface area contributed by atoms with Gasteiger partial charge in [-0.05, 0) is 6.92 Å². The number of rotatable bonds is 12. The molecule has 0 saturated carbocycles. The lowest BCUT2D eigenvalue weighted by Crippen LogP contribution is -2.58. The van der Waals surface area contributed by atoms with Crippen molar-refractivity contribution in [2.45, 2.75) is 44.0 Å². The summed E-state index contributed by atoms with van der Waals surface area (Å²) in [6, 6.07) is -4.74. The molecular weight excluding hydrogens is 382 g/mol. The number of amides is 4. The number of aliphatic hydroxyl groups excluding tert-OH is 1. The quantitative estimate of drug-likeness (QED) is 0.154. The summed E-state index contributed by atoms with van der Waals surface area (Å²) in [4.78, 5) is 68.6. The summed E-state index contributed by atoms with van der Waals surface area (Å²) in [5.41, 5.74) is 10.4. The molecule has 158 valence electrons. The van der Waals surface area contributed by atoms with Gasteiger partial charge in [-0.3, -0.25) is 28.8 Å². The van der Waals surface area contributed by atoms with Gasteiger partial charge in [0, 0.05) is 0 Å². The van der Waals surface area contributed by atoms with Crippen molar-refractivity contribution in [1.29, 1.82) is 0 Å². The normalized spacial score (nSPS) is 14.7. The van der Waals surface area contributed by atoms with Gasteiger partial charge in [0.25, 0.3) is 0 Å². The number of primary amides is 1. The Kier molecular flexibility index (Phi) is 10.1. The highest BCUT2D eigenvalue weighted by Gasteiger charge is 2.31. The summed E-state index contributed by atoms with van der Waals surface area (Å²) in [7, 11) is 0. The second kappa shape index (κ2) is 11.5. The summed E-state index contributed by atoms with van der Waals surface area (Å²) in [6.07, 6.45) is -2.89. The Bertz CT molecular complexity index is 637. The van der Waals surface area contributed by atoms with Crippen LogP contribution < -0.4 is 27.4 Å². The molecule has 0 bridgehead atoms. The Morgan fingerprint density at radius 2 is 1.36 bits per heavy atom. The number of aliphatic hydroxyl groups is 1. The van der Waals surface area contributed by atoms with Crippen LogP contribution in [0.1, 0.15) is 19.8 Å². The van der Waals surface area contributed by atoms with E-state index in [0.717, 1.165) is 0 Å². The molecule has 28 heavy (non-hydrogen) atoms. The van der Waals surface area contributed by atoms with Crippen molar-refractivity contribution < 1.29 is 44.1 Å². The fraction of sp³-hybridized carbons (Fsp3) is 0.571. The maximum atomic E-state index is 12.3. The van der Waals surface area contributed by atoms with Crippen molar-refractivity contribution >= 4 is 35.6 Å². The largest absolute Gasteiger partial charge is 0.481 e. The van der Waals surface area contributed by atoms with Crippen molar-refractivity contribution in [3.05, 3.63) is 0 Å². The summed E-state index contributed by atoms with van der Waals surface area (Å²) >= 11 is 0. The van der Waals surface area contributed by atoms with E-state index in [4.69, 9.17) is 21.7 Å². The molecule has 0 saturated heterocycles. The van der Waals surface area contributed by atoms with Crippen LogP contribution in [0.2, 0.25) is 0 Å². The summed E-state index contributed by atoms with van der Waals surface area (Å²) < 4.78 is 0. The minimum absolute atomic E-state index is 0.708. The van der Waals surface area contributed by atoms with Crippen molar-refractivity contribution in [2.24, 2.45) is 11.5 Å². The third kappa shape index (κ3) is 9.44. The summed E-state index contributed by atoms with van der Waals surface area (Å²) in [5.74, 6) is -7.13. The van der Waals surface area contributed by atoms with Crippen LogP contribution in [-0.4, -0.2) is 81.7 Å². The predicted molar refractivity (Wildman–Crippen MR) is 90.2 cm³/mol. The highest BCUT2D eigenvalue weighted by atomic mass is 16.4. The zero-order valence-corrected chi connectivity index (χ0v) is 14.9. The van der Waals surface area contributed by atoms with E-state index in [1.165, 1.54) is 6.92 Å². The molecule has 0 radical (unpaired) electrons. The molecule has 0 heterocycles. The Morgan fingerprint density at radius 1 is 0.857 bits per heavy atom. The number of nitrogens with one attached hydrogen (secondary N) is 3. The van der Waals surface area contributed by atoms with E-state index in [0.29, 0.717) is 0 Å². The molecule has 4 amide bonds. The highest BCUT2D eigenvalue weighted by Crippen LogP contribution is 2.00. The minimum atomic E-state index is -1.69. The molecule has 0 aliphatic carbocycles. The molecule has 14 heteroatoms. The van der Waals surface area contributed by atoms with Gasteiger partial charge in [-0.1, -0.05) is 0 Å². The zero-order valence-electron chi connectivity index (χ0n) is 14.9. The number of carbonyl (C=O) groups excluding carboxylic acids is 4. The predicted octanol–water partition coefficient (Wildman–Crippen LogP) is -4.78. The number of carboxylic acid groups (broad SMARTS) is 2. The summed E-state index contributed by atoms with van der Waals surface area (Å²) in [6.45, 7) is 0.388. The number of nitrogens with two attached hydrogens (primary N) is 2. The lowest BCUT2D eigenvalue weighted by atomic mass is 10.1. The SMILES string of the molecule is CC(O)C(N)C(=O)NC(CC(N)=O)C(=O)NC(CC(=O)O)C(=O)NCC(=O)O. The first kappa shape index (κ1) is 24.7. The van der Waals surface area contributed by atoms with E-state index in [2.05, 4.69) is 5.32 Å². The van der Waals surface area contributed by atoms with E-state index < -0.39 is 79.2 Å². The first-order valence-electron chi connectivity index (χ1n) is 7.89. The van der Waals surface area contributed by atoms with E-state index in [9.17, 15) is 33.9 Å². The van der Waals surface area contributed by atoms with Crippen LogP contribution in [0.5, 0.6) is 0 Å². The van der Waals surface area contributed by atoms with Crippen molar-refractivity contribution in [1.82, 2.24) is 16.0 Å². The van der Waals surface area contributed by atoms with E-state index in [1.54, 1.807) is 0 Å². The Balaban J connectivity index is 5.30. The summed E-state index contributed by atoms with van der Waals surface area (Å²) in [5, 5.41) is 32.7. The monoisotopic (exact) mass is 405 g/mol. The average Bonchev–Trinajstić information content (AvgIpc) is 2.56. The van der Waals surface area contributed by atoms with Crippen LogP contribution in [0.15, 0.2) is 0 Å². The standard InChI is InChI=1S/C14H23N5O9/c1-5(20)11(16)14(28)19-6(2-8(15)21)13(27)18-7(3-9(22)23)12(26)17-4-10(24)25/h5-7,11,20H,2-4,16H2,1H3,(H2,15,21)(H,17,26)(H,18,27)(H,19,28)(H,22,23)(H,24,25). The number of carbonyl (C=O) groups is 6. The smallest absolute Gasteiger partial charge is 0.322 e. The topological polar surface area (TPSA) is 251 Å². The second-order valence-corrected chi connectivity index (χ2v) is 5.77. The average molecular weight is 405 g/mol. The molecule has 0 fully saturated rings. The Morgan fingerprint density at radius 3 is 1.79 bits per heavy atom. The number of carboxylic acids is 2. The fourth-order valence-electron chi connectivity index (χ4n) is 1.84. The van der Waals surface area contributed by atoms with Gasteiger partial charge in [-0.2, -0.15) is 0 Å². The van der Waals surface area contributed by atoms with Crippen LogP contribution in [0.4, 0.5) is 0 Å². The molecule has 0 aromatic rings. The van der Waals surface area contributed by atoms with Crippen LogP contribution >= 0.6 is 0 Å². The van der Waals surface area contributed by atoms with Crippen LogP contribution in [-0.2, 0) is 28.8 Å². The van der Waals surface area contributed by atoms with Gasteiger partial charge in [-0.25, -0.2) is 0 Å². The molecule has 0 rings (SSSR count). The molecule has 0 aromatic carbocycles. The number of hydrogen-bond donors (Lipinski definition) is 8. The van der Waals surface area contributed by atoms with Gasteiger partial charge in [-0.15, -0.1) is 0 Å². The van der Waals surface area contributed by atoms with Crippen molar-refractivity contribution in [2.75, 3.05) is 6.54 Å². The third-order valence-corrected chi connectivity index (χ3v) is 3.29. The molecule has 4 unspecified atom stereocenters. The molecule has 0 aliphatic rings. The fourth-order valence-corrected chi connectivity index (χ4v) is 1.84. The zero-order chi connectivity index (χ0) is 22.0. The molecule has 0 spiro atoms. The first-order chi connectivity index (χ1) is 12.8. The number of aliphatic carboxylic acids is 2. The van der Waals surface area contributed by atoms with Crippen molar-refractivity contribution in [3.8, 4) is 0 Å². The lowest BCUT2D eigenvalue weighted by molar-refractivity contribution is -0.142. The van der Waals surface area contributed by atoms with Crippen LogP contribution in [0, 0.1) is 0 Å². The van der Waals surface area contributed by atoms with Crippen LogP contribution in [0.25, 0.3) is 0 Å². The Labute approximate surface area is 158 Å². The van der Waals surface area contributed by atoms with Gasteiger partial charge in [0.05, 0.1) is 18.9 Å². The minimum Gasteiger partial charge on any atom is -0.481 e. The first-order valence-corrected chi connectivity index (χ1v) is 7.89. The molecule has 4 atom stereocenters. The third-order valence-electron chi connectivity index (χ3n) is 3.29.